The molecule has 1 aliphatic carbocycles. The first-order valence-electron chi connectivity index (χ1n) is 6.77. The van der Waals surface area contributed by atoms with Gasteiger partial charge in [-0.2, -0.15) is 11.8 Å². The van der Waals surface area contributed by atoms with Crippen molar-refractivity contribution in [2.45, 2.75) is 35.4 Å². The largest absolute Gasteiger partial charge is 0.380 e. The average Bonchev–Trinajstić information content (AvgIpc) is 2.86. The Kier molecular flexibility index (Phi) is 4.99. The van der Waals surface area contributed by atoms with Gasteiger partial charge in [0.2, 0.25) is 10.0 Å². The van der Waals surface area contributed by atoms with Crippen LogP contribution in [0.5, 0.6) is 0 Å². The van der Waals surface area contributed by atoms with Gasteiger partial charge in [-0.05, 0) is 31.2 Å². The Hall–Kier alpha value is -0.720. The SMILES string of the molecule is CSC1CCCC1Nc1ccccc1S(=O)(=O)N(C)C. The summed E-state index contributed by atoms with van der Waals surface area (Å²) in [6, 6.07) is 7.51. The van der Waals surface area contributed by atoms with E-state index in [1.807, 2.05) is 23.9 Å². The molecule has 0 radical (unpaired) electrons. The second-order valence-electron chi connectivity index (χ2n) is 5.24. The summed E-state index contributed by atoms with van der Waals surface area (Å²) >= 11 is 1.86. The highest BCUT2D eigenvalue weighted by Crippen LogP contribution is 2.32. The minimum atomic E-state index is -3.41. The molecule has 1 N–H and O–H groups in total. The summed E-state index contributed by atoms with van der Waals surface area (Å²) in [4.78, 5) is 0.358. The van der Waals surface area contributed by atoms with E-state index < -0.39 is 10.0 Å². The van der Waals surface area contributed by atoms with Gasteiger partial charge in [0.1, 0.15) is 4.90 Å². The normalized spacial score (nSPS) is 23.2. The molecule has 4 nitrogen and oxygen atoms in total. The molecule has 1 fully saturated rings. The molecule has 0 saturated heterocycles. The lowest BCUT2D eigenvalue weighted by Gasteiger charge is -2.23. The van der Waals surface area contributed by atoms with E-state index in [-0.39, 0.29) is 0 Å². The van der Waals surface area contributed by atoms with Crippen LogP contribution in [0.4, 0.5) is 5.69 Å². The minimum Gasteiger partial charge on any atom is -0.380 e. The molecule has 2 atom stereocenters. The number of hydrogen-bond acceptors (Lipinski definition) is 4. The van der Waals surface area contributed by atoms with Crippen LogP contribution in [-0.4, -0.2) is 44.4 Å². The Balaban J connectivity index is 2.29. The number of hydrogen-bond donors (Lipinski definition) is 1. The van der Waals surface area contributed by atoms with Crippen molar-refractivity contribution in [1.29, 1.82) is 0 Å². The summed E-state index contributed by atoms with van der Waals surface area (Å²) in [5.74, 6) is 0. The van der Waals surface area contributed by atoms with Crippen LogP contribution in [0.1, 0.15) is 19.3 Å². The number of nitrogens with zero attached hydrogens (tertiary/aromatic N) is 1. The van der Waals surface area contributed by atoms with Crippen LogP contribution in [0, 0.1) is 0 Å². The van der Waals surface area contributed by atoms with Gasteiger partial charge in [-0.3, -0.25) is 0 Å². The predicted octanol–water partition coefficient (Wildman–Crippen LogP) is 2.63. The highest BCUT2D eigenvalue weighted by molar-refractivity contribution is 7.99. The van der Waals surface area contributed by atoms with E-state index in [1.165, 1.54) is 17.1 Å². The molecular weight excluding hydrogens is 292 g/mol. The molecule has 1 saturated carbocycles. The molecule has 2 rings (SSSR count). The standard InChI is InChI=1S/C14H22N2O2S2/c1-16(2)20(17,18)14-10-5-4-7-12(14)15-11-8-6-9-13(11)19-3/h4-5,7,10-11,13,15H,6,8-9H2,1-3H3. The van der Waals surface area contributed by atoms with Crippen molar-refractivity contribution >= 4 is 27.5 Å². The molecule has 0 bridgehead atoms. The average molecular weight is 314 g/mol. The van der Waals surface area contributed by atoms with Crippen molar-refractivity contribution in [3.8, 4) is 0 Å². The fourth-order valence-electron chi connectivity index (χ4n) is 2.58. The maximum Gasteiger partial charge on any atom is 0.244 e. The summed E-state index contributed by atoms with van der Waals surface area (Å²) in [6.45, 7) is 0. The molecule has 0 spiro atoms. The fraction of sp³-hybridized carbons (Fsp3) is 0.571. The van der Waals surface area contributed by atoms with Crippen LogP contribution in [-0.2, 0) is 10.0 Å². The lowest BCUT2D eigenvalue weighted by atomic mass is 10.2. The highest BCUT2D eigenvalue weighted by Gasteiger charge is 2.28. The van der Waals surface area contributed by atoms with Gasteiger partial charge in [0.05, 0.1) is 5.69 Å². The second kappa shape index (κ2) is 6.37. The highest BCUT2D eigenvalue weighted by atomic mass is 32.2. The van der Waals surface area contributed by atoms with Crippen molar-refractivity contribution in [2.24, 2.45) is 0 Å². The summed E-state index contributed by atoms with van der Waals surface area (Å²) in [5.41, 5.74) is 0.715. The third kappa shape index (κ3) is 3.13. The molecule has 1 aromatic rings. The summed E-state index contributed by atoms with van der Waals surface area (Å²) in [5, 5.41) is 4.01. The molecule has 0 aromatic heterocycles. The second-order valence-corrected chi connectivity index (χ2v) is 8.44. The molecule has 1 aliphatic rings. The van der Waals surface area contributed by atoms with Crippen LogP contribution in [0.25, 0.3) is 0 Å². The fourth-order valence-corrected chi connectivity index (χ4v) is 4.56. The Morgan fingerprint density at radius 1 is 1.25 bits per heavy atom. The molecular formula is C14H22N2O2S2. The lowest BCUT2D eigenvalue weighted by Crippen LogP contribution is -2.28. The van der Waals surface area contributed by atoms with E-state index in [0.29, 0.717) is 21.9 Å². The molecule has 2 unspecified atom stereocenters. The lowest BCUT2D eigenvalue weighted by molar-refractivity contribution is 0.521. The van der Waals surface area contributed by atoms with E-state index >= 15 is 0 Å². The number of para-hydroxylation sites is 1. The summed E-state index contributed by atoms with van der Waals surface area (Å²) in [7, 11) is -0.286. The molecule has 112 valence electrons. The van der Waals surface area contributed by atoms with E-state index in [2.05, 4.69) is 11.6 Å². The maximum absolute atomic E-state index is 12.4. The number of sulfonamides is 1. The molecule has 20 heavy (non-hydrogen) atoms. The van der Waals surface area contributed by atoms with Crippen molar-refractivity contribution in [1.82, 2.24) is 4.31 Å². The van der Waals surface area contributed by atoms with Gasteiger partial charge in [-0.1, -0.05) is 18.6 Å². The van der Waals surface area contributed by atoms with E-state index in [0.717, 1.165) is 6.42 Å². The van der Waals surface area contributed by atoms with Crippen molar-refractivity contribution in [3.63, 3.8) is 0 Å². The third-order valence-electron chi connectivity index (χ3n) is 3.74. The predicted molar refractivity (Wildman–Crippen MR) is 85.9 cm³/mol. The van der Waals surface area contributed by atoms with Crippen molar-refractivity contribution in [2.75, 3.05) is 25.7 Å². The number of thioether (sulfide) groups is 1. The first-order valence-corrected chi connectivity index (χ1v) is 9.50. The van der Waals surface area contributed by atoms with Gasteiger partial charge < -0.3 is 5.32 Å². The van der Waals surface area contributed by atoms with Crippen molar-refractivity contribution in [3.05, 3.63) is 24.3 Å². The van der Waals surface area contributed by atoms with Gasteiger partial charge in [0.15, 0.2) is 0 Å². The van der Waals surface area contributed by atoms with Gasteiger partial charge in [0.25, 0.3) is 0 Å². The van der Waals surface area contributed by atoms with Gasteiger partial charge in [0, 0.05) is 25.4 Å². The molecule has 0 amide bonds. The zero-order valence-corrected chi connectivity index (χ0v) is 13.8. The Morgan fingerprint density at radius 3 is 2.60 bits per heavy atom. The molecule has 1 aromatic carbocycles. The molecule has 0 heterocycles. The number of benzene rings is 1. The van der Waals surface area contributed by atoms with Crippen LogP contribution in [0.3, 0.4) is 0 Å². The number of anilines is 1. The molecule has 6 heteroatoms. The van der Waals surface area contributed by atoms with E-state index in [1.54, 1.807) is 26.2 Å². The van der Waals surface area contributed by atoms with Crippen molar-refractivity contribution < 1.29 is 8.42 Å². The topological polar surface area (TPSA) is 49.4 Å². The minimum absolute atomic E-state index is 0.350. The van der Waals surface area contributed by atoms with Gasteiger partial charge in [-0.15, -0.1) is 0 Å². The van der Waals surface area contributed by atoms with Crippen LogP contribution >= 0.6 is 11.8 Å². The van der Waals surface area contributed by atoms with Gasteiger partial charge >= 0.3 is 0 Å². The van der Waals surface area contributed by atoms with Gasteiger partial charge in [-0.25, -0.2) is 12.7 Å². The first-order chi connectivity index (χ1) is 9.46. The van der Waals surface area contributed by atoms with Crippen LogP contribution in [0.2, 0.25) is 0 Å². The van der Waals surface area contributed by atoms with E-state index in [9.17, 15) is 8.42 Å². The summed E-state index contributed by atoms with van der Waals surface area (Å²) in [6.07, 6.45) is 5.61. The third-order valence-corrected chi connectivity index (χ3v) is 6.78. The Labute approximate surface area is 126 Å². The molecule has 0 aliphatic heterocycles. The monoisotopic (exact) mass is 314 g/mol. The maximum atomic E-state index is 12.4. The Bertz CT molecular complexity index is 558. The first kappa shape index (κ1) is 15.7. The number of rotatable bonds is 5. The van der Waals surface area contributed by atoms with Crippen LogP contribution < -0.4 is 5.32 Å². The quantitative estimate of drug-likeness (QED) is 0.908. The Morgan fingerprint density at radius 2 is 1.95 bits per heavy atom. The van der Waals surface area contributed by atoms with Crippen LogP contribution in [0.15, 0.2) is 29.2 Å². The summed E-state index contributed by atoms with van der Waals surface area (Å²) < 4.78 is 26.0. The smallest absolute Gasteiger partial charge is 0.244 e. The zero-order chi connectivity index (χ0) is 14.8. The van der Waals surface area contributed by atoms with E-state index in [4.69, 9.17) is 0 Å². The zero-order valence-electron chi connectivity index (χ0n) is 12.2. The number of nitrogens with one attached hydrogen (secondary N) is 1.